The van der Waals surface area contributed by atoms with E-state index in [0.717, 1.165) is 30.8 Å². The molecule has 2 fully saturated rings. The van der Waals surface area contributed by atoms with Gasteiger partial charge in [-0.25, -0.2) is 0 Å². The third-order valence-corrected chi connectivity index (χ3v) is 4.41. The van der Waals surface area contributed by atoms with Crippen molar-refractivity contribution >= 4 is 15.9 Å². The average molecular weight is 300 g/mol. The summed E-state index contributed by atoms with van der Waals surface area (Å²) < 4.78 is 8.51. The Hall–Kier alpha value is -0.390. The lowest BCUT2D eigenvalue weighted by atomic mass is 9.93. The minimum Gasteiger partial charge on any atom is -0.377 e. The van der Waals surface area contributed by atoms with Crippen LogP contribution in [0.4, 0.5) is 0 Å². The van der Waals surface area contributed by atoms with Crippen molar-refractivity contribution in [2.24, 2.45) is 0 Å². The van der Waals surface area contributed by atoms with E-state index in [0.29, 0.717) is 11.6 Å². The van der Waals surface area contributed by atoms with Crippen LogP contribution in [0.5, 0.6) is 0 Å². The second kappa shape index (κ2) is 4.37. The van der Waals surface area contributed by atoms with Crippen molar-refractivity contribution in [2.75, 3.05) is 26.3 Å². The molecule has 2 aliphatic heterocycles. The lowest BCUT2D eigenvalue weighted by Crippen LogP contribution is -2.61. The van der Waals surface area contributed by atoms with E-state index in [9.17, 15) is 0 Å². The van der Waals surface area contributed by atoms with Crippen LogP contribution in [0.25, 0.3) is 0 Å². The lowest BCUT2D eigenvalue weighted by Gasteiger charge is -2.49. The van der Waals surface area contributed by atoms with Crippen LogP contribution >= 0.6 is 15.9 Å². The van der Waals surface area contributed by atoms with Gasteiger partial charge in [-0.15, -0.1) is 0 Å². The standard InChI is InChI=1S/C12H18BrN3O/c1-12(8-17-9-12)15-4-2-11(3-5-15)16-7-10(13)6-14-16/h6-7,11H,2-5,8-9H2,1H3. The van der Waals surface area contributed by atoms with Gasteiger partial charge in [-0.1, -0.05) is 0 Å². The number of nitrogens with zero attached hydrogens (tertiary/aromatic N) is 3. The molecule has 0 N–H and O–H groups in total. The van der Waals surface area contributed by atoms with Gasteiger partial charge >= 0.3 is 0 Å². The third kappa shape index (κ3) is 2.16. The molecule has 0 radical (unpaired) electrons. The number of halogens is 1. The Morgan fingerprint density at radius 1 is 1.41 bits per heavy atom. The number of piperidine rings is 1. The molecule has 2 aliphatic rings. The highest BCUT2D eigenvalue weighted by Gasteiger charge is 2.40. The van der Waals surface area contributed by atoms with Gasteiger partial charge in [0.15, 0.2) is 0 Å². The van der Waals surface area contributed by atoms with E-state index in [4.69, 9.17) is 4.74 Å². The highest BCUT2D eigenvalue weighted by Crippen LogP contribution is 2.31. The highest BCUT2D eigenvalue weighted by molar-refractivity contribution is 9.10. The smallest absolute Gasteiger partial charge is 0.0671 e. The molecule has 3 rings (SSSR count). The molecule has 1 aromatic heterocycles. The number of hydrogen-bond acceptors (Lipinski definition) is 3. The Morgan fingerprint density at radius 2 is 2.12 bits per heavy atom. The summed E-state index contributed by atoms with van der Waals surface area (Å²) >= 11 is 3.45. The van der Waals surface area contributed by atoms with Crippen molar-refractivity contribution in [3.8, 4) is 0 Å². The number of hydrogen-bond donors (Lipinski definition) is 0. The molecule has 0 spiro atoms. The first-order valence-corrected chi connectivity index (χ1v) is 6.99. The molecule has 94 valence electrons. The molecule has 0 aromatic carbocycles. The largest absolute Gasteiger partial charge is 0.377 e. The molecular formula is C12H18BrN3O. The average Bonchev–Trinajstić information content (AvgIpc) is 2.73. The van der Waals surface area contributed by atoms with E-state index in [1.807, 2.05) is 6.20 Å². The molecule has 0 atom stereocenters. The summed E-state index contributed by atoms with van der Waals surface area (Å²) in [5.74, 6) is 0. The number of aromatic nitrogens is 2. The summed E-state index contributed by atoms with van der Waals surface area (Å²) in [7, 11) is 0. The molecule has 1 aromatic rings. The molecule has 0 amide bonds. The van der Waals surface area contributed by atoms with Crippen LogP contribution in [0, 0.1) is 0 Å². The van der Waals surface area contributed by atoms with Gasteiger partial charge in [0.2, 0.25) is 0 Å². The normalized spacial score (nSPS) is 25.8. The zero-order valence-corrected chi connectivity index (χ0v) is 11.7. The van der Waals surface area contributed by atoms with Gasteiger partial charge < -0.3 is 4.74 Å². The zero-order chi connectivity index (χ0) is 11.9. The predicted molar refractivity (Wildman–Crippen MR) is 69.0 cm³/mol. The Bertz CT molecular complexity index is 394. The fourth-order valence-corrected chi connectivity index (χ4v) is 3.07. The van der Waals surface area contributed by atoms with Crippen molar-refractivity contribution in [2.45, 2.75) is 31.3 Å². The second-order valence-corrected chi connectivity index (χ2v) is 6.26. The summed E-state index contributed by atoms with van der Waals surface area (Å²) in [6.07, 6.45) is 6.31. The highest BCUT2D eigenvalue weighted by atomic mass is 79.9. The van der Waals surface area contributed by atoms with Crippen molar-refractivity contribution in [3.05, 3.63) is 16.9 Å². The number of likely N-dealkylation sites (tertiary alicyclic amines) is 1. The van der Waals surface area contributed by atoms with Crippen molar-refractivity contribution in [1.82, 2.24) is 14.7 Å². The van der Waals surface area contributed by atoms with E-state index in [1.165, 1.54) is 12.8 Å². The van der Waals surface area contributed by atoms with Crippen LogP contribution in [0.15, 0.2) is 16.9 Å². The van der Waals surface area contributed by atoms with E-state index in [2.05, 4.69) is 43.7 Å². The van der Waals surface area contributed by atoms with Gasteiger partial charge in [0, 0.05) is 19.3 Å². The number of ether oxygens (including phenoxy) is 1. The van der Waals surface area contributed by atoms with Crippen molar-refractivity contribution in [1.29, 1.82) is 0 Å². The summed E-state index contributed by atoms with van der Waals surface area (Å²) in [5, 5.41) is 4.39. The molecule has 0 bridgehead atoms. The molecule has 0 saturated carbocycles. The molecule has 4 nitrogen and oxygen atoms in total. The first kappa shape index (κ1) is 11.7. The van der Waals surface area contributed by atoms with Crippen LogP contribution in [-0.4, -0.2) is 46.5 Å². The maximum atomic E-state index is 5.34. The lowest BCUT2D eigenvalue weighted by molar-refractivity contribution is -0.137. The number of rotatable bonds is 2. The Balaban J connectivity index is 1.60. The van der Waals surface area contributed by atoms with Crippen LogP contribution in [0.2, 0.25) is 0 Å². The maximum absolute atomic E-state index is 5.34. The van der Waals surface area contributed by atoms with E-state index in [-0.39, 0.29) is 0 Å². The Labute approximate surface area is 110 Å². The molecule has 3 heterocycles. The van der Waals surface area contributed by atoms with Gasteiger partial charge in [0.1, 0.15) is 0 Å². The Morgan fingerprint density at radius 3 is 2.59 bits per heavy atom. The van der Waals surface area contributed by atoms with Gasteiger partial charge in [0.05, 0.1) is 35.5 Å². The van der Waals surface area contributed by atoms with E-state index >= 15 is 0 Å². The SMILES string of the molecule is CC1(N2CCC(n3cc(Br)cn3)CC2)COC1. The molecular weight excluding hydrogens is 282 g/mol. The molecule has 2 saturated heterocycles. The van der Waals surface area contributed by atoms with Gasteiger partial charge in [-0.05, 0) is 35.7 Å². The topological polar surface area (TPSA) is 30.3 Å². The fourth-order valence-electron chi connectivity index (χ4n) is 2.76. The van der Waals surface area contributed by atoms with Crippen LogP contribution in [0.1, 0.15) is 25.8 Å². The molecule has 5 heteroatoms. The summed E-state index contributed by atoms with van der Waals surface area (Å²) in [4.78, 5) is 2.57. The van der Waals surface area contributed by atoms with Gasteiger partial charge in [0.25, 0.3) is 0 Å². The summed E-state index contributed by atoms with van der Waals surface area (Å²) in [5.41, 5.74) is 0.301. The predicted octanol–water partition coefficient (Wildman–Crippen LogP) is 2.07. The summed E-state index contributed by atoms with van der Waals surface area (Å²) in [6.45, 7) is 6.40. The molecule has 17 heavy (non-hydrogen) atoms. The van der Waals surface area contributed by atoms with Crippen LogP contribution < -0.4 is 0 Å². The van der Waals surface area contributed by atoms with E-state index in [1.54, 1.807) is 0 Å². The Kier molecular flexibility index (Phi) is 3.00. The third-order valence-electron chi connectivity index (χ3n) is 4.00. The quantitative estimate of drug-likeness (QED) is 0.837. The maximum Gasteiger partial charge on any atom is 0.0671 e. The van der Waals surface area contributed by atoms with Gasteiger partial charge in [-0.3, -0.25) is 9.58 Å². The monoisotopic (exact) mass is 299 g/mol. The van der Waals surface area contributed by atoms with Gasteiger partial charge in [-0.2, -0.15) is 5.10 Å². The van der Waals surface area contributed by atoms with E-state index < -0.39 is 0 Å². The summed E-state index contributed by atoms with van der Waals surface area (Å²) in [6, 6.07) is 0.558. The molecule has 0 unspecified atom stereocenters. The van der Waals surface area contributed by atoms with Crippen molar-refractivity contribution in [3.63, 3.8) is 0 Å². The minimum atomic E-state index is 0.301. The zero-order valence-electron chi connectivity index (χ0n) is 10.1. The first-order valence-electron chi connectivity index (χ1n) is 6.20. The first-order chi connectivity index (χ1) is 8.17. The second-order valence-electron chi connectivity index (χ2n) is 5.35. The van der Waals surface area contributed by atoms with Crippen molar-refractivity contribution < 1.29 is 4.74 Å². The van der Waals surface area contributed by atoms with Crippen LogP contribution in [-0.2, 0) is 4.74 Å². The van der Waals surface area contributed by atoms with Crippen LogP contribution in [0.3, 0.4) is 0 Å². The minimum absolute atomic E-state index is 0.301. The molecule has 0 aliphatic carbocycles. The fraction of sp³-hybridized carbons (Fsp3) is 0.750.